The number of aromatic nitrogens is 2. The van der Waals surface area contributed by atoms with E-state index in [9.17, 15) is 14.9 Å². The summed E-state index contributed by atoms with van der Waals surface area (Å²) < 4.78 is 0. The molecule has 0 fully saturated rings. The number of hydrogen-bond donors (Lipinski definition) is 0. The smallest absolute Gasteiger partial charge is 0.288 e. The van der Waals surface area contributed by atoms with Gasteiger partial charge in [0.2, 0.25) is 0 Å². The van der Waals surface area contributed by atoms with Crippen molar-refractivity contribution >= 4 is 23.2 Å². The summed E-state index contributed by atoms with van der Waals surface area (Å²) in [6, 6.07) is 4.03. The summed E-state index contributed by atoms with van der Waals surface area (Å²) in [4.78, 5) is 32.3. The molecular formula is C13H9ClN4O3. The number of carbonyl (C=O) groups excluding carboxylic acids is 1. The number of hydrogen-bond acceptors (Lipinski definition) is 5. The van der Waals surface area contributed by atoms with Crippen molar-refractivity contribution in [2.75, 3.05) is 0 Å². The molecule has 1 amide bonds. The Labute approximate surface area is 124 Å². The third kappa shape index (κ3) is 2.43. The molecule has 2 heterocycles. The number of amides is 1. The van der Waals surface area contributed by atoms with E-state index in [0.29, 0.717) is 13.1 Å². The van der Waals surface area contributed by atoms with Crippen LogP contribution in [0.5, 0.6) is 0 Å². The van der Waals surface area contributed by atoms with Gasteiger partial charge in [0.15, 0.2) is 0 Å². The number of benzene rings is 1. The zero-order valence-corrected chi connectivity index (χ0v) is 11.4. The molecule has 21 heavy (non-hydrogen) atoms. The number of nitrogens with zero attached hydrogens (tertiary/aromatic N) is 4. The van der Waals surface area contributed by atoms with Crippen molar-refractivity contribution in [3.8, 4) is 0 Å². The molecule has 1 aliphatic rings. The molecule has 3 rings (SSSR count). The molecule has 1 aliphatic heterocycles. The summed E-state index contributed by atoms with van der Waals surface area (Å²) in [6.45, 7) is 0.762. The first-order chi connectivity index (χ1) is 10.1. The fourth-order valence-corrected chi connectivity index (χ4v) is 2.40. The molecule has 0 bridgehead atoms. The van der Waals surface area contributed by atoms with Gasteiger partial charge in [0.1, 0.15) is 11.3 Å². The van der Waals surface area contributed by atoms with E-state index in [4.69, 9.17) is 11.6 Å². The molecule has 0 aliphatic carbocycles. The van der Waals surface area contributed by atoms with Gasteiger partial charge in [-0.05, 0) is 12.1 Å². The number of fused-ring (bicyclic) bond motifs is 1. The molecular weight excluding hydrogens is 296 g/mol. The molecule has 0 atom stereocenters. The Balaban J connectivity index is 1.87. The fourth-order valence-electron chi connectivity index (χ4n) is 2.21. The highest BCUT2D eigenvalue weighted by Gasteiger charge is 2.26. The van der Waals surface area contributed by atoms with Crippen LogP contribution in [0.1, 0.15) is 21.6 Å². The van der Waals surface area contributed by atoms with Crippen molar-refractivity contribution in [3.63, 3.8) is 0 Å². The standard InChI is InChI=1S/C13H9ClN4O3/c14-10-2-1-8(3-12(10)18(20)21)13(19)17-5-9-4-15-7-16-11(9)6-17/h1-4,7H,5-6H2. The highest BCUT2D eigenvalue weighted by atomic mass is 35.5. The Bertz CT molecular complexity index is 725. The maximum atomic E-state index is 12.4. The van der Waals surface area contributed by atoms with Gasteiger partial charge in [-0.3, -0.25) is 14.9 Å². The van der Waals surface area contributed by atoms with E-state index >= 15 is 0 Å². The van der Waals surface area contributed by atoms with E-state index in [0.717, 1.165) is 11.3 Å². The van der Waals surface area contributed by atoms with Crippen LogP contribution in [0.3, 0.4) is 0 Å². The molecule has 0 unspecified atom stereocenters. The summed E-state index contributed by atoms with van der Waals surface area (Å²) in [5, 5.41) is 10.9. The van der Waals surface area contributed by atoms with Gasteiger partial charge in [-0.15, -0.1) is 0 Å². The second-order valence-electron chi connectivity index (χ2n) is 4.58. The van der Waals surface area contributed by atoms with Crippen LogP contribution in [0.2, 0.25) is 5.02 Å². The van der Waals surface area contributed by atoms with Gasteiger partial charge < -0.3 is 4.90 Å². The van der Waals surface area contributed by atoms with Crippen LogP contribution in [0.15, 0.2) is 30.7 Å². The molecule has 0 saturated heterocycles. The lowest BCUT2D eigenvalue weighted by Crippen LogP contribution is -2.25. The third-order valence-electron chi connectivity index (χ3n) is 3.26. The van der Waals surface area contributed by atoms with Gasteiger partial charge in [-0.25, -0.2) is 9.97 Å². The van der Waals surface area contributed by atoms with Crippen LogP contribution in [0.4, 0.5) is 5.69 Å². The van der Waals surface area contributed by atoms with Crippen LogP contribution < -0.4 is 0 Å². The van der Waals surface area contributed by atoms with Gasteiger partial charge >= 0.3 is 0 Å². The molecule has 7 nitrogen and oxygen atoms in total. The van der Waals surface area contributed by atoms with Crippen LogP contribution >= 0.6 is 11.6 Å². The van der Waals surface area contributed by atoms with E-state index in [1.54, 1.807) is 11.1 Å². The average Bonchev–Trinajstić information content (AvgIpc) is 2.90. The van der Waals surface area contributed by atoms with Crippen LogP contribution in [0, 0.1) is 10.1 Å². The largest absolute Gasteiger partial charge is 0.328 e. The van der Waals surface area contributed by atoms with Crippen molar-refractivity contribution in [1.29, 1.82) is 0 Å². The minimum Gasteiger partial charge on any atom is -0.328 e. The van der Waals surface area contributed by atoms with E-state index in [1.165, 1.54) is 24.5 Å². The summed E-state index contributed by atoms with van der Waals surface area (Å²) >= 11 is 5.74. The monoisotopic (exact) mass is 304 g/mol. The number of halogens is 1. The molecule has 0 saturated carbocycles. The third-order valence-corrected chi connectivity index (χ3v) is 3.58. The zero-order chi connectivity index (χ0) is 15.0. The molecule has 106 valence electrons. The van der Waals surface area contributed by atoms with E-state index in [2.05, 4.69) is 9.97 Å². The van der Waals surface area contributed by atoms with Crippen molar-refractivity contribution < 1.29 is 9.72 Å². The van der Waals surface area contributed by atoms with Gasteiger partial charge in [-0.1, -0.05) is 11.6 Å². The van der Waals surface area contributed by atoms with Gasteiger partial charge in [0.25, 0.3) is 11.6 Å². The van der Waals surface area contributed by atoms with Gasteiger partial charge in [0.05, 0.1) is 17.2 Å². The maximum absolute atomic E-state index is 12.4. The van der Waals surface area contributed by atoms with Crippen molar-refractivity contribution in [2.45, 2.75) is 13.1 Å². The predicted octanol–water partition coefficient (Wildman–Crippen LogP) is 2.19. The molecule has 0 spiro atoms. The highest BCUT2D eigenvalue weighted by Crippen LogP contribution is 2.27. The Morgan fingerprint density at radius 2 is 2.19 bits per heavy atom. The van der Waals surface area contributed by atoms with E-state index < -0.39 is 4.92 Å². The number of nitro groups is 1. The lowest BCUT2D eigenvalue weighted by molar-refractivity contribution is -0.384. The SMILES string of the molecule is O=C(c1ccc(Cl)c([N+](=O)[O-])c1)N1Cc2cncnc2C1. The molecule has 0 N–H and O–H groups in total. The first-order valence-corrected chi connectivity index (χ1v) is 6.45. The summed E-state index contributed by atoms with van der Waals surface area (Å²) in [6.07, 6.45) is 3.10. The lowest BCUT2D eigenvalue weighted by Gasteiger charge is -2.15. The Kier molecular flexibility index (Phi) is 3.26. The topological polar surface area (TPSA) is 89.2 Å². The normalized spacial score (nSPS) is 13.1. The molecule has 0 radical (unpaired) electrons. The zero-order valence-electron chi connectivity index (χ0n) is 10.7. The summed E-state index contributed by atoms with van der Waals surface area (Å²) in [7, 11) is 0. The summed E-state index contributed by atoms with van der Waals surface area (Å²) in [5.41, 5.74) is 1.63. The number of nitro benzene ring substituents is 1. The van der Waals surface area contributed by atoms with Crippen molar-refractivity contribution in [2.24, 2.45) is 0 Å². The summed E-state index contributed by atoms with van der Waals surface area (Å²) in [5.74, 6) is -0.298. The minimum atomic E-state index is -0.608. The highest BCUT2D eigenvalue weighted by molar-refractivity contribution is 6.32. The van der Waals surface area contributed by atoms with Gasteiger partial charge in [0, 0.05) is 29.9 Å². The Morgan fingerprint density at radius 1 is 1.38 bits per heavy atom. The molecule has 1 aromatic carbocycles. The van der Waals surface area contributed by atoms with Crippen LogP contribution in [0.25, 0.3) is 0 Å². The number of carbonyl (C=O) groups is 1. The van der Waals surface area contributed by atoms with Crippen LogP contribution in [-0.4, -0.2) is 25.7 Å². The Morgan fingerprint density at radius 3 is 2.90 bits per heavy atom. The van der Waals surface area contributed by atoms with E-state index in [-0.39, 0.29) is 22.2 Å². The minimum absolute atomic E-state index is 0.00660. The quantitative estimate of drug-likeness (QED) is 0.626. The van der Waals surface area contributed by atoms with Crippen molar-refractivity contribution in [3.05, 3.63) is 62.7 Å². The average molecular weight is 305 g/mol. The molecule has 1 aromatic heterocycles. The number of rotatable bonds is 2. The second kappa shape index (κ2) is 5.10. The lowest BCUT2D eigenvalue weighted by atomic mass is 10.2. The predicted molar refractivity (Wildman–Crippen MR) is 73.7 cm³/mol. The molecule has 8 heteroatoms. The first kappa shape index (κ1) is 13.4. The maximum Gasteiger partial charge on any atom is 0.288 e. The fraction of sp³-hybridized carbons (Fsp3) is 0.154. The van der Waals surface area contributed by atoms with Crippen LogP contribution in [-0.2, 0) is 13.1 Å². The second-order valence-corrected chi connectivity index (χ2v) is 4.99. The van der Waals surface area contributed by atoms with E-state index in [1.807, 2.05) is 0 Å². The van der Waals surface area contributed by atoms with Gasteiger partial charge in [-0.2, -0.15) is 0 Å². The molecule has 2 aromatic rings. The van der Waals surface area contributed by atoms with Crippen molar-refractivity contribution in [1.82, 2.24) is 14.9 Å². The Hall–Kier alpha value is -2.54. The first-order valence-electron chi connectivity index (χ1n) is 6.07.